The van der Waals surface area contributed by atoms with Crippen LogP contribution in [-0.4, -0.2) is 45.2 Å². The number of methoxy groups -OCH3 is 1. The van der Waals surface area contributed by atoms with E-state index in [1.807, 2.05) is 24.0 Å². The Morgan fingerprint density at radius 2 is 1.97 bits per heavy atom. The minimum absolute atomic E-state index is 0.0807. The largest absolute Gasteiger partial charge is 0.497 e. The number of quaternary nitrogens is 1. The van der Waals surface area contributed by atoms with Crippen molar-refractivity contribution in [2.24, 2.45) is 0 Å². The number of rotatable bonds is 5. The molecule has 1 fully saturated rings. The Kier molecular flexibility index (Phi) is 6.26. The first-order valence-electron chi connectivity index (χ1n) is 9.41. The summed E-state index contributed by atoms with van der Waals surface area (Å²) in [6.07, 6.45) is -3.37. The number of carbonyl (C=O) groups excluding carboxylic acids is 1. The number of hydrogen-bond acceptors (Lipinski definition) is 3. The van der Waals surface area contributed by atoms with E-state index in [0.29, 0.717) is 43.4 Å². The van der Waals surface area contributed by atoms with Crippen LogP contribution in [0.4, 0.5) is 24.7 Å². The van der Waals surface area contributed by atoms with E-state index < -0.39 is 11.7 Å². The van der Waals surface area contributed by atoms with Crippen molar-refractivity contribution in [3.05, 3.63) is 48.2 Å². The van der Waals surface area contributed by atoms with Gasteiger partial charge in [-0.05, 0) is 25.1 Å². The molecule has 1 saturated heterocycles. The summed E-state index contributed by atoms with van der Waals surface area (Å²) in [5, 5.41) is 2.91. The highest BCUT2D eigenvalue weighted by molar-refractivity contribution is 5.93. The number of pyridine rings is 1. The summed E-state index contributed by atoms with van der Waals surface area (Å²) in [5.41, 5.74) is -0.0214. The molecule has 1 atom stereocenters. The van der Waals surface area contributed by atoms with E-state index in [0.717, 1.165) is 17.2 Å². The van der Waals surface area contributed by atoms with Crippen molar-refractivity contribution in [2.45, 2.75) is 19.1 Å². The zero-order valence-electron chi connectivity index (χ0n) is 16.3. The molecular formula is C20H25F3N4O2+2. The highest BCUT2D eigenvalue weighted by Gasteiger charge is 2.34. The quantitative estimate of drug-likeness (QED) is 0.781. The Balaban J connectivity index is 1.54. The van der Waals surface area contributed by atoms with Crippen LogP contribution in [0.3, 0.4) is 0 Å². The van der Waals surface area contributed by atoms with Gasteiger partial charge in [-0.2, -0.15) is 13.2 Å². The highest BCUT2D eigenvalue weighted by atomic mass is 19.4. The van der Waals surface area contributed by atoms with Crippen LogP contribution in [0.25, 0.3) is 0 Å². The number of alkyl halides is 3. The number of ether oxygens (including phenoxy) is 1. The Morgan fingerprint density at radius 3 is 2.55 bits per heavy atom. The molecule has 3 rings (SSSR count). The lowest BCUT2D eigenvalue weighted by Gasteiger charge is -2.31. The van der Waals surface area contributed by atoms with Gasteiger partial charge in [-0.15, -0.1) is 0 Å². The molecule has 0 bridgehead atoms. The molecule has 1 aromatic heterocycles. The number of anilines is 2. The number of aromatic nitrogens is 1. The molecule has 1 amide bonds. The number of benzene rings is 1. The smallest absolute Gasteiger partial charge is 0.419 e. The van der Waals surface area contributed by atoms with Crippen molar-refractivity contribution in [1.82, 2.24) is 0 Å². The van der Waals surface area contributed by atoms with Crippen LogP contribution >= 0.6 is 0 Å². The molecule has 0 aliphatic carbocycles. The maximum Gasteiger partial charge on any atom is 0.419 e. The van der Waals surface area contributed by atoms with Crippen LogP contribution in [0.1, 0.15) is 12.5 Å². The molecular weight excluding hydrogens is 385 g/mol. The number of hydrogen-bond donors (Lipinski definition) is 2. The zero-order chi connectivity index (χ0) is 21.0. The zero-order valence-corrected chi connectivity index (χ0v) is 16.3. The molecule has 1 aliphatic heterocycles. The summed E-state index contributed by atoms with van der Waals surface area (Å²) in [6, 6.07) is 9.47. The summed E-state index contributed by atoms with van der Waals surface area (Å²) < 4.78 is 43.2. The third kappa shape index (κ3) is 5.17. The highest BCUT2D eigenvalue weighted by Crippen LogP contribution is 2.28. The van der Waals surface area contributed by atoms with E-state index in [-0.39, 0.29) is 11.9 Å². The fourth-order valence-corrected chi connectivity index (χ4v) is 3.39. The number of H-pyrrole nitrogens is 1. The molecule has 3 N–H and O–H groups in total. The van der Waals surface area contributed by atoms with Gasteiger partial charge < -0.3 is 15.0 Å². The summed E-state index contributed by atoms with van der Waals surface area (Å²) in [4.78, 5) is 18.5. The van der Waals surface area contributed by atoms with Gasteiger partial charge >= 0.3 is 6.18 Å². The molecule has 0 unspecified atom stereocenters. The van der Waals surface area contributed by atoms with Crippen molar-refractivity contribution in [3.63, 3.8) is 0 Å². The normalized spacial score (nSPS) is 16.4. The first-order chi connectivity index (χ1) is 13.8. The molecule has 29 heavy (non-hydrogen) atoms. The van der Waals surface area contributed by atoms with E-state index in [1.165, 1.54) is 6.07 Å². The molecule has 0 spiro atoms. The van der Waals surface area contributed by atoms with Gasteiger partial charge in [-0.1, -0.05) is 6.07 Å². The standard InChI is InChI=1S/C20H23F3N4O2/c1-14(19(28)25-16-4-3-5-17(12-16)29-2)26-8-10-27(11-9-26)18-7-6-15(13-24-18)20(21,22)23/h3-7,12-14H,8-11H2,1-2H3,(H,25,28)/p+2/t14-/m0/s1. The minimum atomic E-state index is -4.36. The van der Waals surface area contributed by atoms with E-state index in [2.05, 4.69) is 10.3 Å². The number of amides is 1. The molecule has 0 saturated carbocycles. The third-order valence-corrected chi connectivity index (χ3v) is 5.21. The molecule has 6 nitrogen and oxygen atoms in total. The van der Waals surface area contributed by atoms with Gasteiger partial charge in [0.1, 0.15) is 38.1 Å². The van der Waals surface area contributed by atoms with Crippen LogP contribution in [0.5, 0.6) is 5.75 Å². The molecule has 1 aromatic carbocycles. The Labute approximate surface area is 167 Å². The van der Waals surface area contributed by atoms with E-state index in [9.17, 15) is 18.0 Å². The molecule has 2 heterocycles. The van der Waals surface area contributed by atoms with Gasteiger partial charge in [-0.25, -0.2) is 4.98 Å². The number of nitrogens with one attached hydrogen (secondary N) is 3. The van der Waals surface area contributed by atoms with Crippen molar-refractivity contribution in [2.75, 3.05) is 43.5 Å². The average molecular weight is 410 g/mol. The van der Waals surface area contributed by atoms with Crippen molar-refractivity contribution in [1.29, 1.82) is 0 Å². The van der Waals surface area contributed by atoms with Crippen LogP contribution in [0, 0.1) is 0 Å². The summed E-state index contributed by atoms with van der Waals surface area (Å²) in [6.45, 7) is 4.59. The van der Waals surface area contributed by atoms with E-state index in [4.69, 9.17) is 4.74 Å². The van der Waals surface area contributed by atoms with E-state index in [1.54, 1.807) is 19.2 Å². The second kappa shape index (κ2) is 8.69. The molecule has 2 aromatic rings. The van der Waals surface area contributed by atoms with Gasteiger partial charge in [0.25, 0.3) is 11.7 Å². The van der Waals surface area contributed by atoms with Gasteiger partial charge in [0.15, 0.2) is 6.04 Å². The lowest BCUT2D eigenvalue weighted by molar-refractivity contribution is -0.914. The Bertz CT molecular complexity index is 834. The molecule has 9 heteroatoms. The lowest BCUT2D eigenvalue weighted by atomic mass is 10.2. The fourth-order valence-electron chi connectivity index (χ4n) is 3.39. The van der Waals surface area contributed by atoms with E-state index >= 15 is 0 Å². The first kappa shape index (κ1) is 20.9. The lowest BCUT2D eigenvalue weighted by Crippen LogP contribution is -3.19. The average Bonchev–Trinajstić information content (AvgIpc) is 2.73. The second-order valence-corrected chi connectivity index (χ2v) is 7.05. The van der Waals surface area contributed by atoms with Crippen LogP contribution in [0.2, 0.25) is 0 Å². The topological polar surface area (TPSA) is 60.1 Å². The fraction of sp³-hybridized carbons (Fsp3) is 0.400. The maximum atomic E-state index is 12.7. The minimum Gasteiger partial charge on any atom is -0.497 e. The first-order valence-corrected chi connectivity index (χ1v) is 9.41. The van der Waals surface area contributed by atoms with Gasteiger partial charge in [0, 0.05) is 17.8 Å². The SMILES string of the molecule is COc1cccc(NC(=O)[C@H](C)[NH+]2CCN(c3ccc(C(F)(F)F)c[nH+]3)CC2)c1. The van der Waals surface area contributed by atoms with Gasteiger partial charge in [0.2, 0.25) is 0 Å². The number of halogens is 3. The van der Waals surface area contributed by atoms with Crippen LogP contribution in [0.15, 0.2) is 42.6 Å². The third-order valence-electron chi connectivity index (χ3n) is 5.21. The molecule has 0 radical (unpaired) electrons. The Hall–Kier alpha value is -2.81. The molecule has 1 aliphatic rings. The van der Waals surface area contributed by atoms with Crippen molar-refractivity contribution >= 4 is 17.4 Å². The Morgan fingerprint density at radius 1 is 1.24 bits per heavy atom. The monoisotopic (exact) mass is 410 g/mol. The predicted molar refractivity (Wildman–Crippen MR) is 102 cm³/mol. The van der Waals surface area contributed by atoms with Crippen molar-refractivity contribution in [3.8, 4) is 5.75 Å². The number of carbonyl (C=O) groups is 1. The summed E-state index contributed by atoms with van der Waals surface area (Å²) in [5.74, 6) is 1.23. The second-order valence-electron chi connectivity index (χ2n) is 7.05. The summed E-state index contributed by atoms with van der Waals surface area (Å²) >= 11 is 0. The predicted octanol–water partition coefficient (Wildman–Crippen LogP) is 1.26. The van der Waals surface area contributed by atoms with Gasteiger partial charge in [-0.3, -0.25) is 9.69 Å². The number of nitrogens with zero attached hydrogens (tertiary/aromatic N) is 1. The maximum absolute atomic E-state index is 12.7. The molecule has 156 valence electrons. The van der Waals surface area contributed by atoms with Crippen molar-refractivity contribution < 1.29 is 32.6 Å². The van der Waals surface area contributed by atoms with Gasteiger partial charge in [0.05, 0.1) is 12.7 Å². The number of piperazine rings is 1. The van der Waals surface area contributed by atoms with Crippen LogP contribution < -0.4 is 24.8 Å². The summed E-state index contributed by atoms with van der Waals surface area (Å²) in [7, 11) is 1.57. The number of aromatic amines is 1. The van der Waals surface area contributed by atoms with Crippen LogP contribution in [-0.2, 0) is 11.0 Å².